The minimum absolute atomic E-state index is 1.29. The van der Waals surface area contributed by atoms with Gasteiger partial charge in [0, 0.05) is 9.75 Å². The highest BCUT2D eigenvalue weighted by Crippen LogP contribution is 2.33. The molecule has 0 aliphatic heterocycles. The molecule has 0 bridgehead atoms. The maximum Gasteiger partial charge on any atom is 0.139 e. The zero-order valence-electron chi connectivity index (χ0n) is 10.3. The lowest BCUT2D eigenvalue weighted by molar-refractivity contribution is 1.70. The van der Waals surface area contributed by atoms with E-state index in [0.29, 0.717) is 0 Å². The van der Waals surface area contributed by atoms with Crippen LogP contribution in [0.4, 0.5) is 0 Å². The highest BCUT2D eigenvalue weighted by atomic mass is 32.1. The van der Waals surface area contributed by atoms with Crippen LogP contribution in [0.1, 0.15) is 0 Å². The molecule has 1 heterocycles. The van der Waals surface area contributed by atoms with Crippen LogP contribution in [0.15, 0.2) is 66.7 Å². The molecule has 2 aromatic carbocycles. The fraction of sp³-hybridized carbons (Fsp3) is 0. The van der Waals surface area contributed by atoms with E-state index < -0.39 is 0 Å². The minimum Gasteiger partial charge on any atom is -0.135 e. The summed E-state index contributed by atoms with van der Waals surface area (Å²) in [7, 11) is 2.12. The molecule has 86 valence electrons. The van der Waals surface area contributed by atoms with Crippen molar-refractivity contribution < 1.29 is 0 Å². The van der Waals surface area contributed by atoms with E-state index in [4.69, 9.17) is 0 Å². The van der Waals surface area contributed by atoms with E-state index in [0.717, 1.165) is 0 Å². The second kappa shape index (κ2) is 4.83. The predicted octanol–water partition coefficient (Wildman–Crippen LogP) is 3.34. The topological polar surface area (TPSA) is 0 Å². The van der Waals surface area contributed by atoms with Crippen LogP contribution >= 0.6 is 11.3 Å². The Balaban J connectivity index is 1.97. The predicted molar refractivity (Wildman–Crippen MR) is 83.4 cm³/mol. The lowest BCUT2D eigenvalue weighted by Crippen LogP contribution is -1.98. The van der Waals surface area contributed by atoms with E-state index in [2.05, 4.69) is 74.6 Å². The monoisotopic (exact) mass is 248 g/mol. The molecule has 0 saturated heterocycles. The molecular formula is C16H13BS. The van der Waals surface area contributed by atoms with Gasteiger partial charge in [-0.1, -0.05) is 60.1 Å². The Bertz CT molecular complexity index is 638. The number of hydrogen-bond donors (Lipinski definition) is 0. The first kappa shape index (κ1) is 11.3. The van der Waals surface area contributed by atoms with Gasteiger partial charge in [0.1, 0.15) is 7.85 Å². The molecule has 0 N–H and O–H groups in total. The van der Waals surface area contributed by atoms with Crippen LogP contribution in [0.5, 0.6) is 0 Å². The van der Waals surface area contributed by atoms with Crippen LogP contribution < -0.4 is 5.46 Å². The fourth-order valence-electron chi connectivity index (χ4n) is 1.97. The van der Waals surface area contributed by atoms with Crippen molar-refractivity contribution >= 4 is 24.6 Å². The molecule has 0 aliphatic carbocycles. The van der Waals surface area contributed by atoms with Crippen molar-refractivity contribution in [2.45, 2.75) is 0 Å². The van der Waals surface area contributed by atoms with E-state index in [1.807, 2.05) is 11.3 Å². The minimum atomic E-state index is 1.29. The third kappa shape index (κ3) is 2.25. The highest BCUT2D eigenvalue weighted by molar-refractivity contribution is 7.18. The van der Waals surface area contributed by atoms with Gasteiger partial charge in [-0.15, -0.1) is 11.3 Å². The second-order valence-corrected chi connectivity index (χ2v) is 5.48. The average Bonchev–Trinajstić information content (AvgIpc) is 2.90. The lowest BCUT2D eigenvalue weighted by Gasteiger charge is -1.98. The first-order chi connectivity index (χ1) is 8.83. The van der Waals surface area contributed by atoms with Crippen molar-refractivity contribution in [1.82, 2.24) is 0 Å². The first-order valence-electron chi connectivity index (χ1n) is 6.05. The molecule has 0 amide bonds. The Morgan fingerprint density at radius 2 is 1.17 bits per heavy atom. The molecule has 0 aliphatic rings. The zero-order valence-corrected chi connectivity index (χ0v) is 11.1. The Hall–Kier alpha value is -1.80. The van der Waals surface area contributed by atoms with E-state index >= 15 is 0 Å². The molecule has 0 nitrogen and oxygen atoms in total. The standard InChI is InChI=1S/C16H13BS/c17-14-8-6-13(7-9-14)16-11-10-15(18-16)12-4-2-1-3-5-12/h1-11H,17H2. The Morgan fingerprint density at radius 1 is 0.611 bits per heavy atom. The molecule has 2 heteroatoms. The van der Waals surface area contributed by atoms with E-state index in [-0.39, 0.29) is 0 Å². The molecule has 1 aromatic heterocycles. The maximum absolute atomic E-state index is 2.21. The van der Waals surface area contributed by atoms with Gasteiger partial charge in [0.15, 0.2) is 0 Å². The number of hydrogen-bond acceptors (Lipinski definition) is 1. The zero-order chi connectivity index (χ0) is 12.4. The van der Waals surface area contributed by atoms with Crippen LogP contribution in [0, 0.1) is 0 Å². The normalized spacial score (nSPS) is 10.4. The number of benzene rings is 2. The first-order valence-corrected chi connectivity index (χ1v) is 6.87. The van der Waals surface area contributed by atoms with E-state index in [1.165, 1.54) is 26.3 Å². The molecule has 3 rings (SSSR count). The molecule has 0 radical (unpaired) electrons. The van der Waals surface area contributed by atoms with Crippen molar-refractivity contribution in [3.8, 4) is 20.9 Å². The quantitative estimate of drug-likeness (QED) is 0.610. The van der Waals surface area contributed by atoms with Crippen LogP contribution in [0.2, 0.25) is 0 Å². The third-order valence-corrected chi connectivity index (χ3v) is 4.18. The van der Waals surface area contributed by atoms with Gasteiger partial charge in [0.2, 0.25) is 0 Å². The molecule has 0 spiro atoms. The smallest absolute Gasteiger partial charge is 0.135 e. The summed E-state index contributed by atoms with van der Waals surface area (Å²) < 4.78 is 0. The molecule has 0 atom stereocenters. The summed E-state index contributed by atoms with van der Waals surface area (Å²) in [5, 5.41) is 0. The van der Waals surface area contributed by atoms with Crippen molar-refractivity contribution in [2.75, 3.05) is 0 Å². The Morgan fingerprint density at radius 3 is 1.78 bits per heavy atom. The molecule has 3 aromatic rings. The van der Waals surface area contributed by atoms with Gasteiger partial charge in [-0.3, -0.25) is 0 Å². The van der Waals surface area contributed by atoms with Gasteiger partial charge < -0.3 is 0 Å². The lowest BCUT2D eigenvalue weighted by atomic mass is 9.95. The molecule has 0 saturated carbocycles. The fourth-order valence-corrected chi connectivity index (χ4v) is 2.99. The van der Waals surface area contributed by atoms with Crippen LogP contribution in [-0.2, 0) is 0 Å². The van der Waals surface area contributed by atoms with Gasteiger partial charge in [0.05, 0.1) is 0 Å². The Kier molecular flexibility index (Phi) is 3.03. The van der Waals surface area contributed by atoms with Gasteiger partial charge >= 0.3 is 0 Å². The number of thiophene rings is 1. The van der Waals surface area contributed by atoms with Crippen molar-refractivity contribution in [1.29, 1.82) is 0 Å². The van der Waals surface area contributed by atoms with Gasteiger partial charge in [0.25, 0.3) is 0 Å². The summed E-state index contributed by atoms with van der Waals surface area (Å²) in [6.07, 6.45) is 0. The molecule has 0 fully saturated rings. The highest BCUT2D eigenvalue weighted by Gasteiger charge is 2.04. The number of rotatable bonds is 2. The van der Waals surface area contributed by atoms with Crippen molar-refractivity contribution in [2.24, 2.45) is 0 Å². The maximum atomic E-state index is 2.21. The second-order valence-electron chi connectivity index (χ2n) is 4.40. The van der Waals surface area contributed by atoms with Gasteiger partial charge in [-0.25, -0.2) is 0 Å². The third-order valence-electron chi connectivity index (χ3n) is 3.00. The van der Waals surface area contributed by atoms with Crippen molar-refractivity contribution in [3.63, 3.8) is 0 Å². The summed E-state index contributed by atoms with van der Waals surface area (Å²) >= 11 is 1.84. The molecule has 0 unspecified atom stereocenters. The van der Waals surface area contributed by atoms with Crippen LogP contribution in [0.3, 0.4) is 0 Å². The average molecular weight is 248 g/mol. The van der Waals surface area contributed by atoms with E-state index in [1.54, 1.807) is 0 Å². The Labute approximate surface area is 112 Å². The van der Waals surface area contributed by atoms with Crippen molar-refractivity contribution in [3.05, 3.63) is 66.7 Å². The van der Waals surface area contributed by atoms with Crippen LogP contribution in [-0.4, -0.2) is 7.85 Å². The summed E-state index contributed by atoms with van der Waals surface area (Å²) in [5.74, 6) is 0. The van der Waals surface area contributed by atoms with Gasteiger partial charge in [-0.05, 0) is 23.3 Å². The SMILES string of the molecule is Bc1ccc(-c2ccc(-c3ccccc3)s2)cc1. The summed E-state index contributed by atoms with van der Waals surface area (Å²) in [6, 6.07) is 23.7. The largest absolute Gasteiger partial charge is 0.139 e. The summed E-state index contributed by atoms with van der Waals surface area (Å²) in [4.78, 5) is 2.65. The van der Waals surface area contributed by atoms with Crippen LogP contribution in [0.25, 0.3) is 20.9 Å². The summed E-state index contributed by atoms with van der Waals surface area (Å²) in [6.45, 7) is 0. The molecular weight excluding hydrogens is 235 g/mol. The van der Waals surface area contributed by atoms with Gasteiger partial charge in [-0.2, -0.15) is 0 Å². The van der Waals surface area contributed by atoms with E-state index in [9.17, 15) is 0 Å². The summed E-state index contributed by atoms with van der Waals surface area (Å²) in [5.41, 5.74) is 3.90. The molecule has 18 heavy (non-hydrogen) atoms.